The fraction of sp³-hybridized carbons (Fsp3) is 0.278. The number of nitrogens with one attached hydrogen (secondary N) is 2. The Bertz CT molecular complexity index is 1000. The van der Waals surface area contributed by atoms with E-state index in [1.807, 2.05) is 0 Å². The molecule has 3 rings (SSSR count). The summed E-state index contributed by atoms with van der Waals surface area (Å²) < 4.78 is 47.9. The zero-order chi connectivity index (χ0) is 19.1. The maximum atomic E-state index is 14.8. The summed E-state index contributed by atoms with van der Waals surface area (Å²) in [6.07, 6.45) is 0.301. The highest BCUT2D eigenvalue weighted by molar-refractivity contribution is 7.92. The number of anilines is 1. The lowest BCUT2D eigenvalue weighted by Crippen LogP contribution is -2.32. The van der Waals surface area contributed by atoms with E-state index in [4.69, 9.17) is 4.74 Å². The molecule has 2 aromatic rings. The van der Waals surface area contributed by atoms with Crippen molar-refractivity contribution >= 4 is 21.6 Å². The SMILES string of the molecule is COc1c(C)cc(C)cc1S(=O)(=O)Nc1ccc2c(c1F)CCNC2=O. The number of carbonyl (C=O) groups is 1. The highest BCUT2D eigenvalue weighted by Gasteiger charge is 2.26. The van der Waals surface area contributed by atoms with Crippen LogP contribution in [0.4, 0.5) is 10.1 Å². The third-order valence-corrected chi connectivity index (χ3v) is 5.64. The Morgan fingerprint density at radius 3 is 2.65 bits per heavy atom. The highest BCUT2D eigenvalue weighted by Crippen LogP contribution is 2.32. The smallest absolute Gasteiger partial charge is 0.265 e. The molecule has 6 nitrogen and oxygen atoms in total. The van der Waals surface area contributed by atoms with Crippen LogP contribution in [0.2, 0.25) is 0 Å². The van der Waals surface area contributed by atoms with Crippen molar-refractivity contribution in [1.29, 1.82) is 0 Å². The molecule has 0 radical (unpaired) electrons. The fourth-order valence-corrected chi connectivity index (χ4v) is 4.52. The molecule has 0 bridgehead atoms. The quantitative estimate of drug-likeness (QED) is 0.856. The van der Waals surface area contributed by atoms with E-state index in [1.54, 1.807) is 19.9 Å². The monoisotopic (exact) mass is 378 g/mol. The third kappa shape index (κ3) is 3.12. The predicted octanol–water partition coefficient (Wildman–Crippen LogP) is 2.54. The standard InChI is InChI=1S/C18H19FN2O4S/c1-10-8-11(2)17(25-3)15(9-10)26(23,24)21-14-5-4-13-12(16(14)19)6-7-20-18(13)22/h4-5,8-9,21H,6-7H2,1-3H3,(H,20,22). The van der Waals surface area contributed by atoms with Crippen LogP contribution in [0.1, 0.15) is 27.0 Å². The minimum absolute atomic E-state index is 0.0626. The van der Waals surface area contributed by atoms with Gasteiger partial charge in [0, 0.05) is 17.7 Å². The molecule has 8 heteroatoms. The van der Waals surface area contributed by atoms with Crippen molar-refractivity contribution in [2.45, 2.75) is 25.2 Å². The lowest BCUT2D eigenvalue weighted by Gasteiger charge is -2.19. The first kappa shape index (κ1) is 18.2. The number of benzene rings is 2. The number of hydrogen-bond donors (Lipinski definition) is 2. The minimum Gasteiger partial charge on any atom is -0.495 e. The van der Waals surface area contributed by atoms with Gasteiger partial charge in [0.15, 0.2) is 5.82 Å². The van der Waals surface area contributed by atoms with Gasteiger partial charge in [-0.3, -0.25) is 9.52 Å². The second-order valence-corrected chi connectivity index (χ2v) is 7.83. The summed E-state index contributed by atoms with van der Waals surface area (Å²) in [7, 11) is -2.70. The summed E-state index contributed by atoms with van der Waals surface area (Å²) in [6, 6.07) is 5.95. The van der Waals surface area contributed by atoms with Crippen LogP contribution in [0.5, 0.6) is 5.75 Å². The van der Waals surface area contributed by atoms with Crippen molar-refractivity contribution in [3.05, 3.63) is 52.3 Å². The molecule has 0 aliphatic carbocycles. The lowest BCUT2D eigenvalue weighted by molar-refractivity contribution is 0.0945. The van der Waals surface area contributed by atoms with Crippen molar-refractivity contribution in [1.82, 2.24) is 5.32 Å². The van der Waals surface area contributed by atoms with Gasteiger partial charge in [0.05, 0.1) is 12.8 Å². The topological polar surface area (TPSA) is 84.5 Å². The third-order valence-electron chi connectivity index (χ3n) is 4.27. The molecule has 0 spiro atoms. The Morgan fingerprint density at radius 2 is 1.96 bits per heavy atom. The average molecular weight is 378 g/mol. The molecule has 0 aromatic heterocycles. The van der Waals surface area contributed by atoms with Crippen molar-refractivity contribution in [2.24, 2.45) is 0 Å². The van der Waals surface area contributed by atoms with Gasteiger partial charge in [-0.2, -0.15) is 0 Å². The van der Waals surface area contributed by atoms with Crippen LogP contribution in [0.15, 0.2) is 29.2 Å². The molecule has 1 aliphatic rings. The number of rotatable bonds is 4. The van der Waals surface area contributed by atoms with Crippen LogP contribution < -0.4 is 14.8 Å². The zero-order valence-corrected chi connectivity index (χ0v) is 15.5. The molecule has 26 heavy (non-hydrogen) atoms. The second kappa shape index (κ2) is 6.60. The Balaban J connectivity index is 2.06. The zero-order valence-electron chi connectivity index (χ0n) is 14.6. The number of hydrogen-bond acceptors (Lipinski definition) is 4. The van der Waals surface area contributed by atoms with Crippen molar-refractivity contribution < 1.29 is 22.3 Å². The van der Waals surface area contributed by atoms with Crippen molar-refractivity contribution in [2.75, 3.05) is 18.4 Å². The highest BCUT2D eigenvalue weighted by atomic mass is 32.2. The number of ether oxygens (including phenoxy) is 1. The van der Waals surface area contributed by atoms with Crippen molar-refractivity contribution in [3.8, 4) is 5.75 Å². The van der Waals surface area contributed by atoms with Crippen molar-refractivity contribution in [3.63, 3.8) is 0 Å². The molecule has 2 N–H and O–H groups in total. The summed E-state index contributed by atoms with van der Waals surface area (Å²) in [6.45, 7) is 3.82. The van der Waals surface area contributed by atoms with Crippen LogP contribution in [0, 0.1) is 19.7 Å². The molecule has 0 atom stereocenters. The molecule has 1 amide bonds. The Hall–Kier alpha value is -2.61. The minimum atomic E-state index is -4.08. The number of aryl methyl sites for hydroxylation is 2. The summed E-state index contributed by atoms with van der Waals surface area (Å²) in [4.78, 5) is 11.7. The molecule has 138 valence electrons. The van der Waals surface area contributed by atoms with Crippen LogP contribution in [0.3, 0.4) is 0 Å². The number of sulfonamides is 1. The fourth-order valence-electron chi connectivity index (χ4n) is 3.13. The summed E-state index contributed by atoms with van der Waals surface area (Å²) >= 11 is 0. The number of carbonyl (C=O) groups excluding carboxylic acids is 1. The molecule has 0 saturated heterocycles. The predicted molar refractivity (Wildman–Crippen MR) is 95.7 cm³/mol. The van der Waals surface area contributed by atoms with Gasteiger partial charge in [0.1, 0.15) is 10.6 Å². The molecule has 0 saturated carbocycles. The van der Waals surface area contributed by atoms with Crippen LogP contribution in [0.25, 0.3) is 0 Å². The molecule has 2 aromatic carbocycles. The first-order valence-corrected chi connectivity index (χ1v) is 9.50. The van der Waals surface area contributed by atoms with Gasteiger partial charge in [-0.25, -0.2) is 12.8 Å². The van der Waals surface area contributed by atoms with E-state index in [0.717, 1.165) is 5.56 Å². The van der Waals surface area contributed by atoms with Gasteiger partial charge in [-0.05, 0) is 49.6 Å². The Labute approximate surface area is 151 Å². The number of methoxy groups -OCH3 is 1. The van der Waals surface area contributed by atoms with Gasteiger partial charge in [0.2, 0.25) is 0 Å². The van der Waals surface area contributed by atoms with Gasteiger partial charge >= 0.3 is 0 Å². The van der Waals surface area contributed by atoms with E-state index in [9.17, 15) is 17.6 Å². The van der Waals surface area contributed by atoms with E-state index < -0.39 is 15.8 Å². The summed E-state index contributed by atoms with van der Waals surface area (Å²) in [5.74, 6) is -0.888. The molecular weight excluding hydrogens is 359 g/mol. The van der Waals surface area contributed by atoms with E-state index in [0.29, 0.717) is 18.5 Å². The first-order valence-electron chi connectivity index (χ1n) is 8.02. The summed E-state index contributed by atoms with van der Waals surface area (Å²) in [5, 5.41) is 2.63. The summed E-state index contributed by atoms with van der Waals surface area (Å²) in [5.41, 5.74) is 1.64. The van der Waals surface area contributed by atoms with E-state index in [-0.39, 0.29) is 33.4 Å². The number of amides is 1. The maximum Gasteiger partial charge on any atom is 0.265 e. The average Bonchev–Trinajstić information content (AvgIpc) is 2.57. The molecular formula is C18H19FN2O4S. The van der Waals surface area contributed by atoms with Crippen LogP contribution in [-0.2, 0) is 16.4 Å². The van der Waals surface area contributed by atoms with Crippen LogP contribution >= 0.6 is 0 Å². The van der Waals surface area contributed by atoms with Crippen LogP contribution in [-0.4, -0.2) is 28.0 Å². The number of fused-ring (bicyclic) bond motifs is 1. The molecule has 1 heterocycles. The number of halogens is 1. The molecule has 0 unspecified atom stereocenters. The maximum absolute atomic E-state index is 14.8. The molecule has 1 aliphatic heterocycles. The Kier molecular flexibility index (Phi) is 4.62. The lowest BCUT2D eigenvalue weighted by atomic mass is 9.99. The normalized spacial score (nSPS) is 13.8. The Morgan fingerprint density at radius 1 is 1.23 bits per heavy atom. The van der Waals surface area contributed by atoms with E-state index >= 15 is 0 Å². The van der Waals surface area contributed by atoms with Gasteiger partial charge < -0.3 is 10.1 Å². The first-order chi connectivity index (χ1) is 12.2. The molecule has 0 fully saturated rings. The van der Waals surface area contributed by atoms with E-state index in [1.165, 1.54) is 25.3 Å². The largest absolute Gasteiger partial charge is 0.495 e. The van der Waals surface area contributed by atoms with Gasteiger partial charge in [-0.15, -0.1) is 0 Å². The van der Waals surface area contributed by atoms with Gasteiger partial charge in [0.25, 0.3) is 15.9 Å². The second-order valence-electron chi connectivity index (χ2n) is 6.18. The van der Waals surface area contributed by atoms with Gasteiger partial charge in [-0.1, -0.05) is 6.07 Å². The van der Waals surface area contributed by atoms with E-state index in [2.05, 4.69) is 10.0 Å².